The fourth-order valence-electron chi connectivity index (χ4n) is 5.69. The first-order chi connectivity index (χ1) is 16.6. The molecule has 3 aliphatic heterocycles. The average Bonchev–Trinajstić information content (AvgIpc) is 3.05. The van der Waals surface area contributed by atoms with Crippen molar-refractivity contribution < 1.29 is 14.3 Å². The van der Waals surface area contributed by atoms with E-state index < -0.39 is 5.60 Å². The number of hydrogen-bond acceptors (Lipinski definition) is 4. The molecule has 6 nitrogen and oxygen atoms in total. The molecule has 3 fully saturated rings. The van der Waals surface area contributed by atoms with Crippen molar-refractivity contribution in [1.29, 1.82) is 0 Å². The van der Waals surface area contributed by atoms with Crippen molar-refractivity contribution in [2.24, 2.45) is 5.92 Å². The number of carbonyl (C=O) groups excluding carboxylic acids is 2. The fraction of sp³-hybridized carbons (Fsp3) is 0.500. The Morgan fingerprint density at radius 2 is 1.62 bits per heavy atom. The Hall–Kier alpha value is -2.86. The number of hydrogen-bond donors (Lipinski definition) is 0. The van der Waals surface area contributed by atoms with E-state index in [1.807, 2.05) is 35.2 Å². The number of benzene rings is 2. The number of piperidine rings is 1. The van der Waals surface area contributed by atoms with Gasteiger partial charge in [-0.2, -0.15) is 0 Å². The van der Waals surface area contributed by atoms with Crippen LogP contribution in [0.1, 0.15) is 37.7 Å². The molecule has 6 heteroatoms. The summed E-state index contributed by atoms with van der Waals surface area (Å²) in [6.45, 7) is 4.44. The molecule has 0 saturated carbocycles. The van der Waals surface area contributed by atoms with Crippen LogP contribution in [0.3, 0.4) is 0 Å². The highest BCUT2D eigenvalue weighted by Gasteiger charge is 2.46. The first-order valence-electron chi connectivity index (χ1n) is 12.7. The van der Waals surface area contributed by atoms with Gasteiger partial charge in [0.1, 0.15) is 5.60 Å². The van der Waals surface area contributed by atoms with Gasteiger partial charge in [-0.25, -0.2) is 4.79 Å². The van der Waals surface area contributed by atoms with Gasteiger partial charge >= 0.3 is 6.09 Å². The summed E-state index contributed by atoms with van der Waals surface area (Å²) in [6, 6.07) is 20.4. The number of ether oxygens (including phenoxy) is 1. The highest BCUT2D eigenvalue weighted by molar-refractivity contribution is 5.90. The zero-order valence-corrected chi connectivity index (χ0v) is 19.9. The molecule has 34 heavy (non-hydrogen) atoms. The molecule has 2 aromatic carbocycles. The molecule has 0 aliphatic carbocycles. The number of rotatable bonds is 5. The molecule has 3 aliphatic rings. The number of para-hydroxylation sites is 1. The van der Waals surface area contributed by atoms with Crippen molar-refractivity contribution in [3.05, 3.63) is 66.2 Å². The van der Waals surface area contributed by atoms with Gasteiger partial charge in [0.15, 0.2) is 0 Å². The monoisotopic (exact) mass is 461 g/mol. The SMILES string of the molecule is O=C(CN1CCC(Cc2ccccc2)CC1)N1CCC[C@]2(CC1)CN(c1ccccc1)C(=O)O2. The summed E-state index contributed by atoms with van der Waals surface area (Å²) in [7, 11) is 0. The topological polar surface area (TPSA) is 53.1 Å². The first kappa shape index (κ1) is 22.9. The lowest BCUT2D eigenvalue weighted by molar-refractivity contribution is -0.132. The van der Waals surface area contributed by atoms with Crippen LogP contribution in [-0.2, 0) is 16.0 Å². The van der Waals surface area contributed by atoms with Gasteiger partial charge in [-0.3, -0.25) is 14.6 Å². The van der Waals surface area contributed by atoms with Crippen LogP contribution in [0.2, 0.25) is 0 Å². The predicted octanol–water partition coefficient (Wildman–Crippen LogP) is 4.35. The molecular weight excluding hydrogens is 426 g/mol. The number of anilines is 1. The molecule has 1 atom stereocenters. The predicted molar refractivity (Wildman–Crippen MR) is 133 cm³/mol. The van der Waals surface area contributed by atoms with Gasteiger partial charge in [0.05, 0.1) is 13.1 Å². The number of likely N-dealkylation sites (tertiary alicyclic amines) is 2. The van der Waals surface area contributed by atoms with Crippen LogP contribution >= 0.6 is 0 Å². The van der Waals surface area contributed by atoms with Gasteiger partial charge < -0.3 is 9.64 Å². The lowest BCUT2D eigenvalue weighted by Gasteiger charge is -2.33. The Morgan fingerprint density at radius 1 is 0.912 bits per heavy atom. The summed E-state index contributed by atoms with van der Waals surface area (Å²) < 4.78 is 5.91. The molecule has 0 N–H and O–H groups in total. The lowest BCUT2D eigenvalue weighted by atomic mass is 9.90. The second-order valence-electron chi connectivity index (χ2n) is 10.1. The molecule has 180 valence electrons. The van der Waals surface area contributed by atoms with E-state index in [9.17, 15) is 9.59 Å². The molecule has 0 radical (unpaired) electrons. The summed E-state index contributed by atoms with van der Waals surface area (Å²) in [5.74, 6) is 0.916. The second kappa shape index (κ2) is 10.2. The molecule has 1 spiro atoms. The third kappa shape index (κ3) is 5.27. The van der Waals surface area contributed by atoms with Crippen molar-refractivity contribution in [1.82, 2.24) is 9.80 Å². The van der Waals surface area contributed by atoms with Gasteiger partial charge in [-0.1, -0.05) is 48.5 Å². The van der Waals surface area contributed by atoms with E-state index in [1.165, 1.54) is 5.56 Å². The maximum atomic E-state index is 13.1. The molecule has 0 aromatic heterocycles. The molecule has 3 saturated heterocycles. The summed E-state index contributed by atoms with van der Waals surface area (Å²) in [4.78, 5) is 31.7. The largest absolute Gasteiger partial charge is 0.441 e. The normalized spacial score (nSPS) is 24.3. The van der Waals surface area contributed by atoms with Crippen LogP contribution in [0, 0.1) is 5.92 Å². The standard InChI is InChI=1S/C28H35N3O3/c32-26(21-29-17-12-24(13-18-29)20-23-8-3-1-4-9-23)30-16-7-14-28(15-19-30)22-31(27(33)34-28)25-10-5-2-6-11-25/h1-6,8-11,24H,7,12-22H2/t28-/m0/s1. The molecule has 3 heterocycles. The third-order valence-electron chi connectivity index (χ3n) is 7.72. The maximum absolute atomic E-state index is 13.1. The number of carbonyl (C=O) groups is 2. The van der Waals surface area contributed by atoms with E-state index in [2.05, 4.69) is 35.2 Å². The molecule has 0 unspecified atom stereocenters. The number of amides is 2. The maximum Gasteiger partial charge on any atom is 0.415 e. The first-order valence-corrected chi connectivity index (χ1v) is 12.7. The molecular formula is C28H35N3O3. The van der Waals surface area contributed by atoms with E-state index in [1.54, 1.807) is 4.90 Å². The average molecular weight is 462 g/mol. The molecule has 5 rings (SSSR count). The van der Waals surface area contributed by atoms with Gasteiger partial charge in [-0.05, 0) is 68.8 Å². The van der Waals surface area contributed by atoms with Crippen molar-refractivity contribution >= 4 is 17.7 Å². The Kier molecular flexibility index (Phi) is 6.86. The molecule has 0 bridgehead atoms. The van der Waals surface area contributed by atoms with Gasteiger partial charge in [0.25, 0.3) is 0 Å². The van der Waals surface area contributed by atoms with E-state index in [-0.39, 0.29) is 12.0 Å². The Balaban J connectivity index is 1.10. The van der Waals surface area contributed by atoms with Crippen molar-refractivity contribution in [2.45, 2.75) is 44.1 Å². The molecule has 2 amide bonds. The van der Waals surface area contributed by atoms with Crippen molar-refractivity contribution in [3.63, 3.8) is 0 Å². The summed E-state index contributed by atoms with van der Waals surface area (Å²) >= 11 is 0. The van der Waals surface area contributed by atoms with E-state index in [4.69, 9.17) is 4.74 Å². The van der Waals surface area contributed by atoms with E-state index in [0.717, 1.165) is 57.4 Å². The Morgan fingerprint density at radius 3 is 2.35 bits per heavy atom. The van der Waals surface area contributed by atoms with Crippen molar-refractivity contribution in [2.75, 3.05) is 44.2 Å². The Labute approximate surface area is 202 Å². The minimum Gasteiger partial charge on any atom is -0.441 e. The third-order valence-corrected chi connectivity index (χ3v) is 7.72. The van der Waals surface area contributed by atoms with Crippen LogP contribution in [0.25, 0.3) is 0 Å². The number of nitrogens with zero attached hydrogens (tertiary/aromatic N) is 3. The highest BCUT2D eigenvalue weighted by atomic mass is 16.6. The minimum atomic E-state index is -0.488. The summed E-state index contributed by atoms with van der Waals surface area (Å²) in [5.41, 5.74) is 1.80. The van der Waals surface area contributed by atoms with E-state index >= 15 is 0 Å². The van der Waals surface area contributed by atoms with Crippen LogP contribution in [-0.4, -0.2) is 66.7 Å². The van der Waals surface area contributed by atoms with Gasteiger partial charge in [0, 0.05) is 25.2 Å². The second-order valence-corrected chi connectivity index (χ2v) is 10.1. The minimum absolute atomic E-state index is 0.211. The van der Waals surface area contributed by atoms with Crippen LogP contribution in [0.4, 0.5) is 10.5 Å². The lowest BCUT2D eigenvalue weighted by Crippen LogP contribution is -2.44. The van der Waals surface area contributed by atoms with Crippen LogP contribution in [0.5, 0.6) is 0 Å². The highest BCUT2D eigenvalue weighted by Crippen LogP contribution is 2.35. The zero-order chi connectivity index (χ0) is 23.4. The Bertz CT molecular complexity index is 975. The van der Waals surface area contributed by atoms with E-state index in [0.29, 0.717) is 32.0 Å². The van der Waals surface area contributed by atoms with Gasteiger partial charge in [-0.15, -0.1) is 0 Å². The van der Waals surface area contributed by atoms with Gasteiger partial charge in [0.2, 0.25) is 5.91 Å². The quantitative estimate of drug-likeness (QED) is 0.664. The van der Waals surface area contributed by atoms with Crippen LogP contribution in [0.15, 0.2) is 60.7 Å². The smallest absolute Gasteiger partial charge is 0.415 e. The zero-order valence-electron chi connectivity index (χ0n) is 19.9. The summed E-state index contributed by atoms with van der Waals surface area (Å²) in [6.07, 6.45) is 5.53. The molecule has 2 aromatic rings. The summed E-state index contributed by atoms with van der Waals surface area (Å²) in [5, 5.41) is 0. The van der Waals surface area contributed by atoms with Crippen LogP contribution < -0.4 is 4.90 Å². The van der Waals surface area contributed by atoms with Crippen molar-refractivity contribution in [3.8, 4) is 0 Å². The fourth-order valence-corrected chi connectivity index (χ4v) is 5.69.